The molecular formula is C28H35FN2O5. The van der Waals surface area contributed by atoms with Crippen molar-refractivity contribution in [1.82, 2.24) is 10.2 Å². The maximum Gasteiger partial charge on any atom is 0.207 e. The van der Waals surface area contributed by atoms with Gasteiger partial charge >= 0.3 is 0 Å². The first-order valence-corrected chi connectivity index (χ1v) is 12.6. The van der Waals surface area contributed by atoms with E-state index in [9.17, 15) is 14.0 Å². The Morgan fingerprint density at radius 3 is 2.56 bits per heavy atom. The Balaban J connectivity index is 1.34. The van der Waals surface area contributed by atoms with Crippen LogP contribution in [0.2, 0.25) is 0 Å². The first kappa shape index (κ1) is 25.9. The third-order valence-corrected chi connectivity index (χ3v) is 7.49. The lowest BCUT2D eigenvalue weighted by atomic mass is 9.76. The number of ether oxygens (including phenoxy) is 3. The van der Waals surface area contributed by atoms with Crippen molar-refractivity contribution in [1.29, 1.82) is 0 Å². The summed E-state index contributed by atoms with van der Waals surface area (Å²) in [5.41, 5.74) is 1.58. The van der Waals surface area contributed by atoms with E-state index in [4.69, 9.17) is 14.2 Å². The van der Waals surface area contributed by atoms with Crippen molar-refractivity contribution in [2.45, 2.75) is 38.2 Å². The fourth-order valence-electron chi connectivity index (χ4n) is 5.57. The predicted octanol–water partition coefficient (Wildman–Crippen LogP) is 3.88. The number of carbonyl (C=O) groups excluding carboxylic acids is 2. The second kappa shape index (κ2) is 12.2. The Labute approximate surface area is 211 Å². The van der Waals surface area contributed by atoms with E-state index < -0.39 is 0 Å². The molecule has 1 fully saturated rings. The largest absolute Gasteiger partial charge is 0.493 e. The van der Waals surface area contributed by atoms with Gasteiger partial charge in [-0.3, -0.25) is 9.59 Å². The molecule has 0 aromatic heterocycles. The molecule has 7 nitrogen and oxygen atoms in total. The zero-order valence-electron chi connectivity index (χ0n) is 21.0. The third-order valence-electron chi connectivity index (χ3n) is 7.49. The maximum atomic E-state index is 13.1. The smallest absolute Gasteiger partial charge is 0.207 e. The van der Waals surface area contributed by atoms with Crippen LogP contribution in [-0.4, -0.2) is 63.6 Å². The number of halogens is 1. The molecular weight excluding hydrogens is 463 g/mol. The van der Waals surface area contributed by atoms with Gasteiger partial charge in [0.05, 0.1) is 20.8 Å². The summed E-state index contributed by atoms with van der Waals surface area (Å²) in [5.74, 6) is 2.60. The summed E-state index contributed by atoms with van der Waals surface area (Å²) in [4.78, 5) is 25.8. The molecule has 2 heterocycles. The van der Waals surface area contributed by atoms with Crippen LogP contribution in [0.4, 0.5) is 4.39 Å². The van der Waals surface area contributed by atoms with Crippen LogP contribution in [-0.2, 0) is 11.2 Å². The molecule has 1 amide bonds. The number of fused-ring (bicyclic) bond motifs is 1. The van der Waals surface area contributed by atoms with E-state index in [0.717, 1.165) is 63.0 Å². The Hall–Kier alpha value is -3.13. The number of hydrogen-bond acceptors (Lipinski definition) is 6. The molecule has 1 saturated heterocycles. The molecule has 0 spiro atoms. The lowest BCUT2D eigenvalue weighted by Crippen LogP contribution is -2.47. The fourth-order valence-corrected chi connectivity index (χ4v) is 5.57. The molecule has 0 saturated carbocycles. The number of piperidine rings is 1. The SMILES string of the molecule is COc1ccc2c(c1OC)C[C@H](C1CCN(CCCC(=O)c3ccc(F)cc3)CC1)[C@H](CNC=O)O2. The number of likely N-dealkylation sites (tertiary alicyclic amines) is 1. The van der Waals surface area contributed by atoms with Crippen molar-refractivity contribution in [2.24, 2.45) is 11.8 Å². The highest BCUT2D eigenvalue weighted by molar-refractivity contribution is 5.95. The number of rotatable bonds is 11. The Bertz CT molecular complexity index is 1040. The monoisotopic (exact) mass is 498 g/mol. The van der Waals surface area contributed by atoms with Crippen molar-refractivity contribution >= 4 is 12.2 Å². The van der Waals surface area contributed by atoms with Gasteiger partial charge in [0, 0.05) is 23.5 Å². The van der Waals surface area contributed by atoms with Gasteiger partial charge in [-0.05, 0) is 87.6 Å². The summed E-state index contributed by atoms with van der Waals surface area (Å²) in [7, 11) is 3.28. The number of benzene rings is 2. The molecule has 2 atom stereocenters. The first-order chi connectivity index (χ1) is 17.5. The van der Waals surface area contributed by atoms with Crippen molar-refractivity contribution in [3.63, 3.8) is 0 Å². The Kier molecular flexibility index (Phi) is 8.80. The molecule has 2 aromatic rings. The molecule has 194 valence electrons. The summed E-state index contributed by atoms with van der Waals surface area (Å²) in [6.07, 6.45) is 4.71. The highest BCUT2D eigenvalue weighted by Gasteiger charge is 2.38. The van der Waals surface area contributed by atoms with Gasteiger partial charge in [-0.1, -0.05) is 0 Å². The molecule has 0 aliphatic carbocycles. The molecule has 1 N–H and O–H groups in total. The number of nitrogens with zero attached hydrogens (tertiary/aromatic N) is 1. The van der Waals surface area contributed by atoms with E-state index in [-0.39, 0.29) is 23.6 Å². The summed E-state index contributed by atoms with van der Waals surface area (Å²) < 4.78 is 30.6. The topological polar surface area (TPSA) is 77.1 Å². The number of nitrogens with one attached hydrogen (secondary N) is 1. The van der Waals surface area contributed by atoms with E-state index in [1.165, 1.54) is 12.1 Å². The second-order valence-corrected chi connectivity index (χ2v) is 9.54. The van der Waals surface area contributed by atoms with Crippen molar-refractivity contribution in [2.75, 3.05) is 40.4 Å². The quantitative estimate of drug-likeness (QED) is 0.374. The fraction of sp³-hybridized carbons (Fsp3) is 0.500. The predicted molar refractivity (Wildman–Crippen MR) is 134 cm³/mol. The minimum atomic E-state index is -0.331. The van der Waals surface area contributed by atoms with Gasteiger partial charge in [-0.15, -0.1) is 0 Å². The van der Waals surface area contributed by atoms with E-state index in [1.807, 2.05) is 12.1 Å². The van der Waals surface area contributed by atoms with Crippen LogP contribution >= 0.6 is 0 Å². The van der Waals surface area contributed by atoms with Gasteiger partial charge in [0.15, 0.2) is 17.3 Å². The van der Waals surface area contributed by atoms with Gasteiger partial charge in [-0.2, -0.15) is 0 Å². The molecule has 36 heavy (non-hydrogen) atoms. The molecule has 0 unspecified atom stereocenters. The molecule has 2 aliphatic heterocycles. The van der Waals surface area contributed by atoms with Crippen LogP contribution in [0.1, 0.15) is 41.6 Å². The second-order valence-electron chi connectivity index (χ2n) is 9.54. The number of methoxy groups -OCH3 is 2. The molecule has 2 aliphatic rings. The van der Waals surface area contributed by atoms with Crippen molar-refractivity contribution in [3.05, 3.63) is 53.3 Å². The van der Waals surface area contributed by atoms with Gasteiger partial charge in [0.1, 0.15) is 17.7 Å². The van der Waals surface area contributed by atoms with E-state index in [2.05, 4.69) is 10.2 Å². The van der Waals surface area contributed by atoms with Crippen LogP contribution in [0.5, 0.6) is 17.2 Å². The standard InChI is InChI=1S/C28H35FN2O5/c1-34-26-10-9-25-23(28(26)35-2)16-22(27(36-25)17-30-18-32)19-11-14-31(15-12-19)13-3-4-24(33)20-5-7-21(29)8-6-20/h5-10,18-19,22,27H,3-4,11-17H2,1-2H3,(H,30,32)/t22-,27+/m1/s1. The normalized spacial score (nSPS) is 20.2. The number of carbonyl (C=O) groups is 2. The van der Waals surface area contributed by atoms with Gasteiger partial charge in [0.2, 0.25) is 6.41 Å². The average Bonchev–Trinajstić information content (AvgIpc) is 2.91. The number of ketones is 1. The molecule has 4 rings (SSSR count). The van der Waals surface area contributed by atoms with Gasteiger partial charge < -0.3 is 24.4 Å². The van der Waals surface area contributed by atoms with Crippen LogP contribution in [0.15, 0.2) is 36.4 Å². The maximum absolute atomic E-state index is 13.1. The van der Waals surface area contributed by atoms with E-state index in [0.29, 0.717) is 35.9 Å². The highest BCUT2D eigenvalue weighted by atomic mass is 19.1. The number of amides is 1. The minimum Gasteiger partial charge on any atom is -0.493 e. The molecule has 8 heteroatoms. The average molecular weight is 499 g/mol. The lowest BCUT2D eigenvalue weighted by molar-refractivity contribution is -0.110. The highest BCUT2D eigenvalue weighted by Crippen LogP contribution is 2.45. The molecule has 2 aromatic carbocycles. The minimum absolute atomic E-state index is 0.0535. The van der Waals surface area contributed by atoms with Crippen LogP contribution in [0, 0.1) is 17.7 Å². The zero-order valence-corrected chi connectivity index (χ0v) is 21.0. The summed E-state index contributed by atoms with van der Waals surface area (Å²) >= 11 is 0. The molecule has 0 radical (unpaired) electrons. The summed E-state index contributed by atoms with van der Waals surface area (Å²) in [6.45, 7) is 3.25. The third kappa shape index (κ3) is 5.98. The van der Waals surface area contributed by atoms with Crippen LogP contribution in [0.25, 0.3) is 0 Å². The lowest BCUT2D eigenvalue weighted by Gasteiger charge is -2.42. The van der Waals surface area contributed by atoms with Gasteiger partial charge in [0.25, 0.3) is 0 Å². The number of hydrogen-bond donors (Lipinski definition) is 1. The summed E-state index contributed by atoms with van der Waals surface area (Å²) in [5, 5.41) is 2.81. The first-order valence-electron chi connectivity index (χ1n) is 12.6. The van der Waals surface area contributed by atoms with E-state index in [1.54, 1.807) is 26.4 Å². The van der Waals surface area contributed by atoms with Crippen molar-refractivity contribution < 1.29 is 28.2 Å². The number of Topliss-reactive ketones (excluding diaryl/α,β-unsaturated/α-hetero) is 1. The summed E-state index contributed by atoms with van der Waals surface area (Å²) in [6, 6.07) is 9.52. The van der Waals surface area contributed by atoms with E-state index >= 15 is 0 Å². The van der Waals surface area contributed by atoms with Crippen LogP contribution < -0.4 is 19.5 Å². The van der Waals surface area contributed by atoms with Gasteiger partial charge in [-0.25, -0.2) is 4.39 Å². The van der Waals surface area contributed by atoms with Crippen molar-refractivity contribution in [3.8, 4) is 17.2 Å². The van der Waals surface area contributed by atoms with Crippen LogP contribution in [0.3, 0.4) is 0 Å². The Morgan fingerprint density at radius 2 is 1.89 bits per heavy atom. The molecule has 0 bridgehead atoms. The zero-order chi connectivity index (χ0) is 25.5. The Morgan fingerprint density at radius 1 is 1.14 bits per heavy atom.